The summed E-state index contributed by atoms with van der Waals surface area (Å²) in [6.45, 7) is 4.22. The quantitative estimate of drug-likeness (QED) is 0.636. The second kappa shape index (κ2) is 7.61. The Morgan fingerprint density at radius 1 is 1.33 bits per heavy atom. The smallest absolute Gasteiger partial charge is 0.251 e. The van der Waals surface area contributed by atoms with Crippen molar-refractivity contribution in [3.63, 3.8) is 0 Å². The molecule has 0 spiro atoms. The first-order valence-corrected chi connectivity index (χ1v) is 8.49. The molecule has 0 aliphatic carbocycles. The van der Waals surface area contributed by atoms with Crippen LogP contribution in [0.1, 0.15) is 41.3 Å². The van der Waals surface area contributed by atoms with Gasteiger partial charge in [0.1, 0.15) is 11.0 Å². The molecule has 128 valence electrons. The van der Waals surface area contributed by atoms with E-state index in [-0.39, 0.29) is 5.91 Å². The van der Waals surface area contributed by atoms with E-state index in [4.69, 9.17) is 16.1 Å². The van der Waals surface area contributed by atoms with Crippen molar-refractivity contribution in [3.8, 4) is 0 Å². The van der Waals surface area contributed by atoms with Crippen molar-refractivity contribution in [3.05, 3.63) is 34.6 Å². The molecule has 7 nitrogen and oxygen atoms in total. The molecule has 1 aliphatic heterocycles. The average molecular weight is 350 g/mol. The van der Waals surface area contributed by atoms with Crippen LogP contribution in [0.3, 0.4) is 0 Å². The largest absolute Gasteiger partial charge is 0.357 e. The van der Waals surface area contributed by atoms with Crippen molar-refractivity contribution in [2.24, 2.45) is 0 Å². The molecule has 0 unspecified atom stereocenters. The van der Waals surface area contributed by atoms with Gasteiger partial charge in [-0.15, -0.1) is 0 Å². The number of anilines is 1. The summed E-state index contributed by atoms with van der Waals surface area (Å²) in [5, 5.41) is 6.96. The zero-order valence-electron chi connectivity index (χ0n) is 13.6. The first kappa shape index (κ1) is 16.7. The molecule has 3 heterocycles. The molecular weight excluding hydrogens is 330 g/mol. The highest BCUT2D eigenvalue weighted by Gasteiger charge is 2.17. The number of amides is 1. The standard InChI is InChI=1S/C16H20ClN5O2/c1-11-19-15(24-21-11)5-4-6-18-16(23)12-9-13(17)20-14(10-12)22-7-2-3-8-22/h9-10H,2-8H2,1H3,(H,18,23). The Morgan fingerprint density at radius 2 is 2.12 bits per heavy atom. The monoisotopic (exact) mass is 349 g/mol. The fourth-order valence-electron chi connectivity index (χ4n) is 2.71. The Balaban J connectivity index is 1.54. The number of carbonyl (C=O) groups is 1. The summed E-state index contributed by atoms with van der Waals surface area (Å²) in [5.41, 5.74) is 0.533. The first-order chi connectivity index (χ1) is 11.6. The van der Waals surface area contributed by atoms with Crippen LogP contribution >= 0.6 is 11.6 Å². The molecular formula is C16H20ClN5O2. The number of aryl methyl sites for hydroxylation is 2. The van der Waals surface area contributed by atoms with Crippen LogP contribution in [0.15, 0.2) is 16.7 Å². The number of carbonyl (C=O) groups excluding carboxylic acids is 1. The van der Waals surface area contributed by atoms with Crippen molar-refractivity contribution in [1.82, 2.24) is 20.4 Å². The van der Waals surface area contributed by atoms with Gasteiger partial charge >= 0.3 is 0 Å². The third-order valence-electron chi connectivity index (χ3n) is 3.90. The summed E-state index contributed by atoms with van der Waals surface area (Å²) < 4.78 is 5.04. The zero-order valence-corrected chi connectivity index (χ0v) is 14.3. The highest BCUT2D eigenvalue weighted by atomic mass is 35.5. The van der Waals surface area contributed by atoms with Gasteiger partial charge in [-0.3, -0.25) is 4.79 Å². The van der Waals surface area contributed by atoms with Crippen LogP contribution in [0, 0.1) is 6.92 Å². The molecule has 24 heavy (non-hydrogen) atoms. The van der Waals surface area contributed by atoms with Crippen LogP contribution in [0.2, 0.25) is 5.15 Å². The first-order valence-electron chi connectivity index (χ1n) is 8.12. The Morgan fingerprint density at radius 3 is 2.83 bits per heavy atom. The van der Waals surface area contributed by atoms with E-state index in [1.807, 2.05) is 0 Å². The van der Waals surface area contributed by atoms with Crippen molar-refractivity contribution in [2.75, 3.05) is 24.5 Å². The lowest BCUT2D eigenvalue weighted by Crippen LogP contribution is -2.26. The van der Waals surface area contributed by atoms with Gasteiger partial charge in [0.2, 0.25) is 5.89 Å². The van der Waals surface area contributed by atoms with Gasteiger partial charge in [-0.1, -0.05) is 16.8 Å². The van der Waals surface area contributed by atoms with Gasteiger partial charge in [0.05, 0.1) is 0 Å². The maximum absolute atomic E-state index is 12.3. The molecule has 2 aromatic heterocycles. The third-order valence-corrected chi connectivity index (χ3v) is 4.09. The molecule has 0 atom stereocenters. The van der Waals surface area contributed by atoms with Gasteiger partial charge in [0.15, 0.2) is 5.82 Å². The van der Waals surface area contributed by atoms with E-state index < -0.39 is 0 Å². The number of hydrogen-bond donors (Lipinski definition) is 1. The van der Waals surface area contributed by atoms with Gasteiger partial charge in [0.25, 0.3) is 5.91 Å². The highest BCUT2D eigenvalue weighted by molar-refractivity contribution is 6.29. The van der Waals surface area contributed by atoms with E-state index >= 15 is 0 Å². The van der Waals surface area contributed by atoms with E-state index in [0.29, 0.717) is 35.4 Å². The number of nitrogens with zero attached hydrogens (tertiary/aromatic N) is 4. The minimum atomic E-state index is -0.151. The van der Waals surface area contributed by atoms with Crippen LogP contribution in [0.25, 0.3) is 0 Å². The van der Waals surface area contributed by atoms with Crippen molar-refractivity contribution < 1.29 is 9.32 Å². The lowest BCUT2D eigenvalue weighted by molar-refractivity contribution is 0.0953. The summed E-state index contributed by atoms with van der Waals surface area (Å²) in [4.78, 5) is 22.9. The Hall–Kier alpha value is -2.15. The molecule has 1 fully saturated rings. The molecule has 0 radical (unpaired) electrons. The molecule has 8 heteroatoms. The maximum Gasteiger partial charge on any atom is 0.251 e. The van der Waals surface area contributed by atoms with Gasteiger partial charge < -0.3 is 14.7 Å². The number of rotatable bonds is 6. The Labute approximate surface area is 145 Å². The highest BCUT2D eigenvalue weighted by Crippen LogP contribution is 2.22. The summed E-state index contributed by atoms with van der Waals surface area (Å²) in [7, 11) is 0. The predicted octanol–water partition coefficient (Wildman–Crippen LogP) is 2.39. The van der Waals surface area contributed by atoms with Crippen molar-refractivity contribution >= 4 is 23.3 Å². The molecule has 1 amide bonds. The minimum Gasteiger partial charge on any atom is -0.357 e. The van der Waals surface area contributed by atoms with Crippen LogP contribution in [-0.4, -0.2) is 40.7 Å². The topological polar surface area (TPSA) is 84.2 Å². The second-order valence-corrected chi connectivity index (χ2v) is 6.21. The SMILES string of the molecule is Cc1noc(CCCNC(=O)c2cc(Cl)nc(N3CCCC3)c2)n1. The van der Waals surface area contributed by atoms with E-state index in [1.54, 1.807) is 19.1 Å². The number of pyridine rings is 1. The van der Waals surface area contributed by atoms with Crippen LogP contribution in [0.5, 0.6) is 0 Å². The molecule has 3 rings (SSSR count). The minimum absolute atomic E-state index is 0.151. The van der Waals surface area contributed by atoms with Gasteiger partial charge in [-0.05, 0) is 38.3 Å². The number of nitrogens with one attached hydrogen (secondary N) is 1. The molecule has 1 aliphatic rings. The zero-order chi connectivity index (χ0) is 16.9. The number of aromatic nitrogens is 3. The fourth-order valence-corrected chi connectivity index (χ4v) is 2.91. The number of hydrogen-bond acceptors (Lipinski definition) is 6. The summed E-state index contributed by atoms with van der Waals surface area (Å²) in [5.74, 6) is 1.83. The predicted molar refractivity (Wildman–Crippen MR) is 90.4 cm³/mol. The van der Waals surface area contributed by atoms with Gasteiger partial charge in [-0.2, -0.15) is 4.98 Å². The van der Waals surface area contributed by atoms with E-state index in [0.717, 1.165) is 38.2 Å². The molecule has 0 bridgehead atoms. The van der Waals surface area contributed by atoms with Crippen LogP contribution in [-0.2, 0) is 6.42 Å². The normalized spacial score (nSPS) is 14.2. The van der Waals surface area contributed by atoms with Crippen molar-refractivity contribution in [1.29, 1.82) is 0 Å². The molecule has 1 saturated heterocycles. The van der Waals surface area contributed by atoms with Crippen LogP contribution in [0.4, 0.5) is 5.82 Å². The lowest BCUT2D eigenvalue weighted by Gasteiger charge is -2.17. The molecule has 0 saturated carbocycles. The summed E-state index contributed by atoms with van der Waals surface area (Å²) in [6.07, 6.45) is 3.65. The van der Waals surface area contributed by atoms with E-state index in [9.17, 15) is 4.79 Å². The molecule has 1 N–H and O–H groups in total. The number of halogens is 1. The molecule has 0 aromatic carbocycles. The third kappa shape index (κ3) is 4.23. The van der Waals surface area contributed by atoms with Gasteiger partial charge in [-0.25, -0.2) is 4.98 Å². The van der Waals surface area contributed by atoms with Gasteiger partial charge in [0, 0.05) is 31.6 Å². The summed E-state index contributed by atoms with van der Waals surface area (Å²) in [6, 6.07) is 3.39. The Kier molecular flexibility index (Phi) is 5.30. The second-order valence-electron chi connectivity index (χ2n) is 5.83. The fraction of sp³-hybridized carbons (Fsp3) is 0.500. The molecule has 2 aromatic rings. The maximum atomic E-state index is 12.3. The Bertz CT molecular complexity index is 712. The van der Waals surface area contributed by atoms with Crippen LogP contribution < -0.4 is 10.2 Å². The summed E-state index contributed by atoms with van der Waals surface area (Å²) >= 11 is 6.07. The van der Waals surface area contributed by atoms with E-state index in [2.05, 4.69) is 25.3 Å². The average Bonchev–Trinajstić information content (AvgIpc) is 3.22. The lowest BCUT2D eigenvalue weighted by atomic mass is 10.2. The van der Waals surface area contributed by atoms with Crippen molar-refractivity contribution in [2.45, 2.75) is 32.6 Å². The van der Waals surface area contributed by atoms with E-state index in [1.165, 1.54) is 0 Å².